The minimum atomic E-state index is -2.27. The van der Waals surface area contributed by atoms with Crippen molar-refractivity contribution < 1.29 is 8.85 Å². The fourth-order valence-corrected chi connectivity index (χ4v) is 5.48. The molecule has 5 heteroatoms. The Labute approximate surface area is 266 Å². The van der Waals surface area contributed by atoms with Crippen LogP contribution in [0.1, 0.15) is 56.8 Å². The largest absolute Gasteiger partial charge is 0.457 e. The van der Waals surface area contributed by atoms with E-state index in [1.807, 2.05) is 83.9 Å². The van der Waals surface area contributed by atoms with Crippen molar-refractivity contribution in [3.05, 3.63) is 127 Å². The van der Waals surface area contributed by atoms with Crippen molar-refractivity contribution >= 4 is 34.3 Å². The van der Waals surface area contributed by atoms with Gasteiger partial charge in [-0.1, -0.05) is 77.9 Å². The molecule has 0 aliphatic carbocycles. The first kappa shape index (κ1) is 25.7. The van der Waals surface area contributed by atoms with E-state index in [1.54, 1.807) is 0 Å². The minimum absolute atomic E-state index is 0.0271. The maximum absolute atomic E-state index is 8.20. The molecule has 0 saturated heterocycles. The van der Waals surface area contributed by atoms with Crippen molar-refractivity contribution in [2.75, 3.05) is 28.3 Å². The number of aromatic nitrogens is 1. The monoisotopic (exact) mass is 585 g/mol. The number of nitrogens with zero attached hydrogens (tertiary/aromatic N) is 4. The zero-order valence-electron chi connectivity index (χ0n) is 29.4. The Morgan fingerprint density at radius 1 is 0.682 bits per heavy atom. The van der Waals surface area contributed by atoms with Gasteiger partial charge in [-0.2, -0.15) is 0 Å². The molecule has 5 nitrogen and oxygen atoms in total. The van der Waals surface area contributed by atoms with Crippen molar-refractivity contribution in [2.24, 2.45) is 0 Å². The number of hydrogen-bond donors (Lipinski definition) is 0. The second-order valence-corrected chi connectivity index (χ2v) is 13.4. The van der Waals surface area contributed by atoms with Crippen LogP contribution >= 0.6 is 0 Å². The lowest BCUT2D eigenvalue weighted by Gasteiger charge is -2.27. The molecule has 1 aliphatic heterocycles. The summed E-state index contributed by atoms with van der Waals surface area (Å²) in [6.07, 6.45) is 1.87. The molecular weight excluding hydrogens is 540 g/mol. The molecule has 0 unspecified atom stereocenters. The summed E-state index contributed by atoms with van der Waals surface area (Å²) in [5.41, 5.74) is 6.56. The lowest BCUT2D eigenvalue weighted by molar-refractivity contribution is 0.483. The van der Waals surface area contributed by atoms with Gasteiger partial charge in [-0.05, 0) is 82.6 Å². The molecule has 6 rings (SSSR count). The van der Waals surface area contributed by atoms with E-state index in [0.29, 0.717) is 17.2 Å². The first-order chi connectivity index (χ1) is 22.2. The van der Waals surface area contributed by atoms with Gasteiger partial charge in [0.15, 0.2) is 0 Å². The van der Waals surface area contributed by atoms with E-state index in [2.05, 4.69) is 82.8 Å². The van der Waals surface area contributed by atoms with Gasteiger partial charge in [-0.3, -0.25) is 4.90 Å². The van der Waals surface area contributed by atoms with E-state index in [1.165, 1.54) is 10.5 Å². The summed E-state index contributed by atoms with van der Waals surface area (Å²) in [6.45, 7) is 11.0. The van der Waals surface area contributed by atoms with Crippen LogP contribution in [0.2, 0.25) is 0 Å². The average Bonchev–Trinajstić information content (AvgIpc) is 3.42. The van der Waals surface area contributed by atoms with E-state index in [-0.39, 0.29) is 17.5 Å². The summed E-state index contributed by atoms with van der Waals surface area (Å²) in [4.78, 5) is 10.4. The third-order valence-electron chi connectivity index (χ3n) is 8.00. The Kier molecular flexibility index (Phi) is 6.65. The molecule has 1 aromatic heterocycles. The second kappa shape index (κ2) is 11.4. The van der Waals surface area contributed by atoms with Gasteiger partial charge in [0.1, 0.15) is 17.3 Å². The predicted octanol–water partition coefficient (Wildman–Crippen LogP) is 10.5. The van der Waals surface area contributed by atoms with Crippen LogP contribution in [0.25, 0.3) is 0 Å². The molecule has 1 aliphatic rings. The summed E-state index contributed by atoms with van der Waals surface area (Å²) in [7, 11) is 0. The molecule has 0 atom stereocenters. The van der Waals surface area contributed by atoms with E-state index in [0.717, 1.165) is 34.1 Å². The van der Waals surface area contributed by atoms with Gasteiger partial charge in [-0.25, -0.2) is 4.98 Å². The van der Waals surface area contributed by atoms with Crippen LogP contribution in [0.5, 0.6) is 11.5 Å². The summed E-state index contributed by atoms with van der Waals surface area (Å²) >= 11 is 0. The molecular formula is C39H42N4O. The Morgan fingerprint density at radius 3 is 2.09 bits per heavy atom. The highest BCUT2D eigenvalue weighted by molar-refractivity contribution is 5.83. The number of anilines is 6. The Bertz CT molecular complexity index is 1880. The fraction of sp³-hybridized carbons (Fsp3) is 0.256. The number of hydrogen-bond acceptors (Lipinski definition) is 5. The van der Waals surface area contributed by atoms with Gasteiger partial charge in [0, 0.05) is 40.8 Å². The maximum atomic E-state index is 8.20. The highest BCUT2D eigenvalue weighted by Gasteiger charge is 2.27. The number of rotatable bonds is 6. The van der Waals surface area contributed by atoms with Gasteiger partial charge < -0.3 is 14.5 Å². The van der Waals surface area contributed by atoms with Crippen LogP contribution in [-0.2, 0) is 10.8 Å². The van der Waals surface area contributed by atoms with Gasteiger partial charge in [-0.15, -0.1) is 0 Å². The van der Waals surface area contributed by atoms with Crippen LogP contribution < -0.4 is 19.4 Å². The number of benzene rings is 4. The summed E-state index contributed by atoms with van der Waals surface area (Å²) < 4.78 is 31.1. The number of ether oxygens (including phenoxy) is 1. The highest BCUT2D eigenvalue weighted by atomic mass is 16.5. The molecule has 5 aromatic rings. The first-order valence-electron chi connectivity index (χ1n) is 16.6. The molecule has 44 heavy (non-hydrogen) atoms. The topological polar surface area (TPSA) is 31.8 Å². The SMILES string of the molecule is [2H]C([2H])([2H])N1CN(c2cccc(Oc3cccc(N(c4ccccc4)c4cc(C(C)(C)C)ccn4)c3)c2)c2cc(C(C)(C)C)ccc21. The molecule has 2 heterocycles. The third kappa shape index (κ3) is 6.00. The molecule has 0 bridgehead atoms. The van der Waals surface area contributed by atoms with Crippen molar-refractivity contribution in [1.82, 2.24) is 4.98 Å². The van der Waals surface area contributed by atoms with Crippen molar-refractivity contribution in [3.63, 3.8) is 0 Å². The molecule has 0 radical (unpaired) electrons. The molecule has 0 saturated carbocycles. The molecule has 0 spiro atoms. The van der Waals surface area contributed by atoms with Crippen LogP contribution in [0.15, 0.2) is 115 Å². The maximum Gasteiger partial charge on any atom is 0.137 e. The smallest absolute Gasteiger partial charge is 0.137 e. The summed E-state index contributed by atoms with van der Waals surface area (Å²) in [5.74, 6) is 2.15. The van der Waals surface area contributed by atoms with Crippen LogP contribution in [0, 0.1) is 0 Å². The van der Waals surface area contributed by atoms with Gasteiger partial charge in [0.05, 0.1) is 23.7 Å². The Balaban J connectivity index is 1.34. The number of para-hydroxylation sites is 1. The minimum Gasteiger partial charge on any atom is -0.457 e. The normalized spacial score (nSPS) is 14.5. The molecule has 0 N–H and O–H groups in total. The lowest BCUT2D eigenvalue weighted by atomic mass is 9.86. The molecule has 0 amide bonds. The average molecular weight is 586 g/mol. The number of fused-ring (bicyclic) bond motifs is 1. The second-order valence-electron chi connectivity index (χ2n) is 13.4. The molecule has 224 valence electrons. The van der Waals surface area contributed by atoms with Crippen LogP contribution in [0.4, 0.5) is 34.3 Å². The fourth-order valence-electron chi connectivity index (χ4n) is 5.48. The van der Waals surface area contributed by atoms with Crippen molar-refractivity contribution in [1.29, 1.82) is 0 Å². The first-order valence-corrected chi connectivity index (χ1v) is 15.1. The predicted molar refractivity (Wildman–Crippen MR) is 185 cm³/mol. The highest BCUT2D eigenvalue weighted by Crippen LogP contribution is 2.43. The van der Waals surface area contributed by atoms with Gasteiger partial charge in [0.25, 0.3) is 0 Å². The standard InChI is InChI=1S/C39H42N4O/c1-38(2,3)28-19-20-35-36(23-28)42(27-41(35)7)31-15-11-17-33(25-31)44-34-18-12-16-32(26-34)43(30-13-9-8-10-14-30)37-24-29(21-22-40-37)39(4,5)6/h8-26H,27H2,1-7H3/i7D3. The number of pyridine rings is 1. The molecule has 0 fully saturated rings. The Hall–Kier alpha value is -4.77. The van der Waals surface area contributed by atoms with Crippen LogP contribution in [0.3, 0.4) is 0 Å². The van der Waals surface area contributed by atoms with E-state index in [9.17, 15) is 0 Å². The van der Waals surface area contributed by atoms with Crippen molar-refractivity contribution in [3.8, 4) is 11.5 Å². The van der Waals surface area contributed by atoms with E-state index < -0.39 is 6.98 Å². The summed E-state index contributed by atoms with van der Waals surface area (Å²) in [5, 5.41) is 0. The van der Waals surface area contributed by atoms with Gasteiger partial charge in [0.2, 0.25) is 0 Å². The van der Waals surface area contributed by atoms with Crippen LogP contribution in [-0.4, -0.2) is 18.6 Å². The Morgan fingerprint density at radius 2 is 1.36 bits per heavy atom. The van der Waals surface area contributed by atoms with Crippen molar-refractivity contribution in [2.45, 2.75) is 52.4 Å². The van der Waals surface area contributed by atoms with E-state index in [4.69, 9.17) is 13.8 Å². The van der Waals surface area contributed by atoms with Gasteiger partial charge >= 0.3 is 0 Å². The molecule has 4 aromatic carbocycles. The summed E-state index contributed by atoms with van der Waals surface area (Å²) in [6, 6.07) is 36.3. The zero-order valence-corrected chi connectivity index (χ0v) is 26.4. The quantitative estimate of drug-likeness (QED) is 0.198. The van der Waals surface area contributed by atoms with E-state index >= 15 is 0 Å². The lowest BCUT2D eigenvalue weighted by Crippen LogP contribution is -2.23. The zero-order chi connectivity index (χ0) is 33.6. The third-order valence-corrected chi connectivity index (χ3v) is 8.00.